The average molecular weight is 236 g/mol. The van der Waals surface area contributed by atoms with Gasteiger partial charge in [0, 0.05) is 12.6 Å². The van der Waals surface area contributed by atoms with Crippen LogP contribution in [0.25, 0.3) is 0 Å². The van der Waals surface area contributed by atoms with Gasteiger partial charge in [-0.3, -0.25) is 9.89 Å². The fraction of sp³-hybridized carbons (Fsp3) is 0.667. The molecule has 1 fully saturated rings. The minimum Gasteiger partial charge on any atom is -0.395 e. The van der Waals surface area contributed by atoms with Crippen molar-refractivity contribution in [2.24, 2.45) is 0 Å². The Hall–Kier alpha value is -1.52. The van der Waals surface area contributed by atoms with E-state index < -0.39 is 0 Å². The number of nitrogens with zero attached hydrogens (tertiary/aromatic N) is 2. The maximum Gasteiger partial charge on any atom is 0.276 e. The van der Waals surface area contributed by atoms with Crippen LogP contribution < -0.4 is 5.73 Å². The highest BCUT2D eigenvalue weighted by Crippen LogP contribution is 2.25. The van der Waals surface area contributed by atoms with E-state index in [1.54, 1.807) is 0 Å². The Morgan fingerprint density at radius 2 is 2.29 bits per heavy atom. The number of aromatic amines is 1. The van der Waals surface area contributed by atoms with Gasteiger partial charge in [-0.2, -0.15) is 5.10 Å². The van der Waals surface area contributed by atoms with Crippen LogP contribution in [0.3, 0.4) is 0 Å². The van der Waals surface area contributed by atoms with Gasteiger partial charge < -0.3 is 10.6 Å². The highest BCUT2D eigenvalue weighted by molar-refractivity contribution is 5.98. The van der Waals surface area contributed by atoms with Crippen LogP contribution in [0.15, 0.2) is 0 Å². The molecule has 1 aliphatic rings. The minimum absolute atomic E-state index is 0.0457. The number of nitrogens with two attached hydrogens (primary N) is 1. The van der Waals surface area contributed by atoms with Crippen LogP contribution in [0.5, 0.6) is 0 Å². The molecule has 0 aliphatic carbocycles. The molecule has 0 saturated carbocycles. The monoisotopic (exact) mass is 236 g/mol. The van der Waals surface area contributed by atoms with Crippen molar-refractivity contribution in [1.82, 2.24) is 15.1 Å². The van der Waals surface area contributed by atoms with Crippen LogP contribution in [0.2, 0.25) is 0 Å². The number of likely N-dealkylation sites (tertiary alicyclic amines) is 1. The zero-order valence-electron chi connectivity index (χ0n) is 10.7. The van der Waals surface area contributed by atoms with Crippen molar-refractivity contribution in [3.8, 4) is 0 Å². The highest BCUT2D eigenvalue weighted by atomic mass is 16.2. The molecule has 94 valence electrons. The van der Waals surface area contributed by atoms with Gasteiger partial charge in [0.2, 0.25) is 0 Å². The molecule has 1 aromatic heterocycles. The summed E-state index contributed by atoms with van der Waals surface area (Å²) < 4.78 is 0. The summed E-state index contributed by atoms with van der Waals surface area (Å²) in [6.45, 7) is 6.92. The van der Waals surface area contributed by atoms with E-state index in [2.05, 4.69) is 17.1 Å². The molecule has 0 aromatic carbocycles. The summed E-state index contributed by atoms with van der Waals surface area (Å²) in [7, 11) is 0. The number of hydrogen-bond donors (Lipinski definition) is 2. The summed E-state index contributed by atoms with van der Waals surface area (Å²) in [4.78, 5) is 14.1. The third-order valence-electron chi connectivity index (χ3n) is 3.43. The molecule has 1 saturated heterocycles. The maximum atomic E-state index is 12.3. The Kier molecular flexibility index (Phi) is 3.09. The second-order valence-corrected chi connectivity index (χ2v) is 5.04. The fourth-order valence-corrected chi connectivity index (χ4v) is 2.34. The summed E-state index contributed by atoms with van der Waals surface area (Å²) in [5, 5.41) is 6.94. The highest BCUT2D eigenvalue weighted by Gasteiger charge is 2.29. The molecule has 3 N–H and O–H groups in total. The van der Waals surface area contributed by atoms with E-state index in [9.17, 15) is 4.79 Å². The molecular weight excluding hydrogens is 216 g/mol. The summed E-state index contributed by atoms with van der Waals surface area (Å²) in [5.74, 6) is 0.204. The van der Waals surface area contributed by atoms with Crippen LogP contribution in [0.4, 0.5) is 5.69 Å². The van der Waals surface area contributed by atoms with Crippen molar-refractivity contribution in [1.29, 1.82) is 0 Å². The van der Waals surface area contributed by atoms with E-state index in [-0.39, 0.29) is 11.8 Å². The molecule has 2 rings (SSSR count). The molecule has 1 unspecified atom stereocenters. The Bertz CT molecular complexity index is 424. The molecule has 0 bridgehead atoms. The van der Waals surface area contributed by atoms with Crippen LogP contribution in [0, 0.1) is 0 Å². The SMILES string of the molecule is CC(C)c1[nH]nc(C(=O)N2CCCC2C)c1N. The Morgan fingerprint density at radius 3 is 2.76 bits per heavy atom. The van der Waals surface area contributed by atoms with Gasteiger partial charge in [0.1, 0.15) is 0 Å². The third-order valence-corrected chi connectivity index (χ3v) is 3.43. The predicted molar refractivity (Wildman–Crippen MR) is 66.8 cm³/mol. The fourth-order valence-electron chi connectivity index (χ4n) is 2.34. The van der Waals surface area contributed by atoms with E-state index in [1.807, 2.05) is 18.7 Å². The van der Waals surface area contributed by atoms with Crippen LogP contribution in [0.1, 0.15) is 55.7 Å². The standard InChI is InChI=1S/C12H20N4O/c1-7(2)10-9(13)11(15-14-10)12(17)16-6-4-5-8(16)3/h7-8H,4-6,13H2,1-3H3,(H,14,15). The van der Waals surface area contributed by atoms with E-state index in [1.165, 1.54) is 0 Å². The number of nitrogen functional groups attached to an aromatic ring is 1. The lowest BCUT2D eigenvalue weighted by Gasteiger charge is -2.20. The van der Waals surface area contributed by atoms with Crippen molar-refractivity contribution < 1.29 is 4.79 Å². The van der Waals surface area contributed by atoms with Gasteiger partial charge in [-0.05, 0) is 25.7 Å². The molecule has 1 aromatic rings. The number of rotatable bonds is 2. The van der Waals surface area contributed by atoms with Gasteiger partial charge in [0.05, 0.1) is 11.4 Å². The average Bonchev–Trinajstić information content (AvgIpc) is 2.83. The number of H-pyrrole nitrogens is 1. The van der Waals surface area contributed by atoms with Gasteiger partial charge in [-0.1, -0.05) is 13.8 Å². The third kappa shape index (κ3) is 2.01. The van der Waals surface area contributed by atoms with E-state index in [0.29, 0.717) is 17.4 Å². The lowest BCUT2D eigenvalue weighted by Crippen LogP contribution is -2.34. The molecule has 0 spiro atoms. The lowest BCUT2D eigenvalue weighted by atomic mass is 10.1. The zero-order chi connectivity index (χ0) is 12.6. The van der Waals surface area contributed by atoms with Crippen molar-refractivity contribution in [2.75, 3.05) is 12.3 Å². The van der Waals surface area contributed by atoms with Gasteiger partial charge >= 0.3 is 0 Å². The van der Waals surface area contributed by atoms with E-state index in [4.69, 9.17) is 5.73 Å². The number of carbonyl (C=O) groups is 1. The van der Waals surface area contributed by atoms with Gasteiger partial charge in [0.15, 0.2) is 5.69 Å². The molecule has 1 aliphatic heterocycles. The second-order valence-electron chi connectivity index (χ2n) is 5.04. The van der Waals surface area contributed by atoms with Crippen molar-refractivity contribution in [2.45, 2.75) is 45.6 Å². The first-order valence-electron chi connectivity index (χ1n) is 6.17. The molecule has 2 heterocycles. The summed E-state index contributed by atoms with van der Waals surface area (Å²) in [5.41, 5.74) is 7.71. The Labute approximate surface area is 101 Å². The molecule has 0 radical (unpaired) electrons. The maximum absolute atomic E-state index is 12.3. The molecule has 1 atom stereocenters. The number of anilines is 1. The van der Waals surface area contributed by atoms with E-state index >= 15 is 0 Å². The molecule has 17 heavy (non-hydrogen) atoms. The van der Waals surface area contributed by atoms with Crippen molar-refractivity contribution in [3.63, 3.8) is 0 Å². The summed E-state index contributed by atoms with van der Waals surface area (Å²) in [6, 6.07) is 0.293. The normalized spacial score (nSPS) is 20.2. The Balaban J connectivity index is 2.25. The number of nitrogens with one attached hydrogen (secondary N) is 1. The van der Waals surface area contributed by atoms with Crippen molar-refractivity contribution in [3.05, 3.63) is 11.4 Å². The van der Waals surface area contributed by atoms with Gasteiger partial charge in [0.25, 0.3) is 5.91 Å². The van der Waals surface area contributed by atoms with Crippen LogP contribution in [-0.2, 0) is 0 Å². The first kappa shape index (κ1) is 12.0. The number of carbonyl (C=O) groups excluding carboxylic acids is 1. The quantitative estimate of drug-likeness (QED) is 0.821. The second kappa shape index (κ2) is 4.39. The largest absolute Gasteiger partial charge is 0.395 e. The smallest absolute Gasteiger partial charge is 0.276 e. The minimum atomic E-state index is -0.0457. The topological polar surface area (TPSA) is 75.0 Å². The molecule has 1 amide bonds. The lowest BCUT2D eigenvalue weighted by molar-refractivity contribution is 0.0742. The summed E-state index contributed by atoms with van der Waals surface area (Å²) >= 11 is 0. The molecule has 5 nitrogen and oxygen atoms in total. The first-order valence-corrected chi connectivity index (χ1v) is 6.17. The van der Waals surface area contributed by atoms with Crippen LogP contribution >= 0.6 is 0 Å². The molecular formula is C12H20N4O. The predicted octanol–water partition coefficient (Wildman–Crippen LogP) is 1.74. The number of aromatic nitrogens is 2. The first-order chi connectivity index (χ1) is 8.02. The number of amides is 1. The van der Waals surface area contributed by atoms with Gasteiger partial charge in [-0.15, -0.1) is 0 Å². The van der Waals surface area contributed by atoms with E-state index in [0.717, 1.165) is 25.1 Å². The summed E-state index contributed by atoms with van der Waals surface area (Å²) in [6.07, 6.45) is 2.13. The Morgan fingerprint density at radius 1 is 1.59 bits per heavy atom. The molecule has 5 heteroatoms. The number of hydrogen-bond acceptors (Lipinski definition) is 3. The van der Waals surface area contributed by atoms with Gasteiger partial charge in [-0.25, -0.2) is 0 Å². The zero-order valence-corrected chi connectivity index (χ0v) is 10.7. The van der Waals surface area contributed by atoms with Crippen molar-refractivity contribution >= 4 is 11.6 Å². The van der Waals surface area contributed by atoms with Crippen LogP contribution in [-0.4, -0.2) is 33.6 Å².